The van der Waals surface area contributed by atoms with E-state index in [1.165, 1.54) is 0 Å². The molecule has 0 N–H and O–H groups in total. The second-order valence-corrected chi connectivity index (χ2v) is 6.33. The molecular formula is C17H20N2O3. The second kappa shape index (κ2) is 5.39. The molecule has 0 aliphatic carbocycles. The summed E-state index contributed by atoms with van der Waals surface area (Å²) in [5.41, 5.74) is 1.78. The van der Waals surface area contributed by atoms with Gasteiger partial charge < -0.3 is 9.15 Å². The molecule has 0 spiro atoms. The van der Waals surface area contributed by atoms with E-state index in [1.807, 2.05) is 31.2 Å². The lowest BCUT2D eigenvalue weighted by atomic mass is 9.95. The molecule has 0 saturated carbocycles. The van der Waals surface area contributed by atoms with Gasteiger partial charge in [0.1, 0.15) is 17.7 Å². The van der Waals surface area contributed by atoms with Gasteiger partial charge in [-0.05, 0) is 45.0 Å². The number of hydrogen-bond acceptors (Lipinski definition) is 5. The molecule has 3 heterocycles. The Labute approximate surface area is 129 Å². The summed E-state index contributed by atoms with van der Waals surface area (Å²) in [7, 11) is 0. The number of aromatic nitrogens is 1. The molecule has 2 aliphatic rings. The monoisotopic (exact) mass is 300 g/mol. The number of likely N-dealkylation sites (tertiary alicyclic amines) is 1. The predicted molar refractivity (Wildman–Crippen MR) is 81.5 cm³/mol. The maximum atomic E-state index is 11.9. The van der Waals surface area contributed by atoms with Crippen molar-refractivity contribution in [1.29, 1.82) is 0 Å². The molecular weight excluding hydrogens is 280 g/mol. The highest BCUT2D eigenvalue weighted by Gasteiger charge is 2.38. The van der Waals surface area contributed by atoms with Crippen LogP contribution in [0.5, 0.6) is 0 Å². The normalized spacial score (nSPS) is 27.4. The van der Waals surface area contributed by atoms with Crippen molar-refractivity contribution in [2.45, 2.75) is 44.2 Å². The maximum absolute atomic E-state index is 11.9. The van der Waals surface area contributed by atoms with Crippen molar-refractivity contribution in [2.75, 3.05) is 13.1 Å². The summed E-state index contributed by atoms with van der Waals surface area (Å²) in [4.78, 5) is 18.7. The molecule has 0 amide bonds. The zero-order valence-corrected chi connectivity index (χ0v) is 12.7. The molecule has 2 aromatic rings. The number of oxazole rings is 1. The zero-order chi connectivity index (χ0) is 15.1. The van der Waals surface area contributed by atoms with Gasteiger partial charge in [-0.1, -0.05) is 12.1 Å². The minimum atomic E-state index is -0.0622. The molecule has 1 aromatic carbocycles. The Balaban J connectivity index is 1.44. The number of rotatable bonds is 2. The third-order valence-corrected chi connectivity index (χ3v) is 4.77. The van der Waals surface area contributed by atoms with E-state index >= 15 is 0 Å². The van der Waals surface area contributed by atoms with E-state index in [2.05, 4.69) is 9.88 Å². The maximum Gasteiger partial charge on any atom is 0.323 e. The second-order valence-electron chi connectivity index (χ2n) is 6.33. The van der Waals surface area contributed by atoms with Gasteiger partial charge in [-0.15, -0.1) is 0 Å². The van der Waals surface area contributed by atoms with E-state index in [0.29, 0.717) is 5.92 Å². The van der Waals surface area contributed by atoms with E-state index in [0.717, 1.165) is 49.3 Å². The SMILES string of the molecule is C[C@@H]1C[C@H](N2CCC(c3nc4ccccc4o3)CC2)C(=O)O1. The molecule has 4 rings (SSSR count). The van der Waals surface area contributed by atoms with Gasteiger partial charge in [0.05, 0.1) is 0 Å². The van der Waals surface area contributed by atoms with Crippen LogP contribution in [-0.2, 0) is 9.53 Å². The first kappa shape index (κ1) is 13.8. The molecule has 0 unspecified atom stereocenters. The number of piperidine rings is 1. The van der Waals surface area contributed by atoms with E-state index in [1.54, 1.807) is 0 Å². The highest BCUT2D eigenvalue weighted by atomic mass is 16.6. The first-order chi connectivity index (χ1) is 10.7. The van der Waals surface area contributed by atoms with Crippen LogP contribution in [0, 0.1) is 0 Å². The summed E-state index contributed by atoms with van der Waals surface area (Å²) in [6, 6.07) is 7.82. The quantitative estimate of drug-likeness (QED) is 0.798. The van der Waals surface area contributed by atoms with Crippen LogP contribution in [0.25, 0.3) is 11.1 Å². The molecule has 5 heteroatoms. The predicted octanol–water partition coefficient (Wildman–Crippen LogP) is 2.71. The molecule has 5 nitrogen and oxygen atoms in total. The van der Waals surface area contributed by atoms with E-state index in [4.69, 9.17) is 9.15 Å². The summed E-state index contributed by atoms with van der Waals surface area (Å²) in [6.07, 6.45) is 2.81. The van der Waals surface area contributed by atoms with Crippen LogP contribution < -0.4 is 0 Å². The van der Waals surface area contributed by atoms with Crippen LogP contribution >= 0.6 is 0 Å². The average molecular weight is 300 g/mol. The lowest BCUT2D eigenvalue weighted by Crippen LogP contribution is -2.43. The minimum absolute atomic E-state index is 0.0484. The largest absolute Gasteiger partial charge is 0.461 e. The summed E-state index contributed by atoms with van der Waals surface area (Å²) < 4.78 is 11.2. The third-order valence-electron chi connectivity index (χ3n) is 4.77. The standard InChI is InChI=1S/C17H20N2O3/c1-11-10-14(17(20)21-11)19-8-6-12(7-9-19)16-18-13-4-2-3-5-15(13)22-16/h2-5,11-12,14H,6-10H2,1H3/t11-,14+/m1/s1. The van der Waals surface area contributed by atoms with Crippen molar-refractivity contribution in [3.63, 3.8) is 0 Å². The van der Waals surface area contributed by atoms with Crippen LogP contribution in [0.15, 0.2) is 28.7 Å². The molecule has 2 saturated heterocycles. The van der Waals surface area contributed by atoms with Crippen LogP contribution in [-0.4, -0.2) is 41.1 Å². The molecule has 0 bridgehead atoms. The van der Waals surface area contributed by atoms with Crippen LogP contribution in [0.1, 0.15) is 38.0 Å². The number of carbonyl (C=O) groups is 1. The molecule has 22 heavy (non-hydrogen) atoms. The lowest BCUT2D eigenvalue weighted by molar-refractivity contribution is -0.145. The average Bonchev–Trinajstić information content (AvgIpc) is 3.10. The Kier molecular flexibility index (Phi) is 3.37. The molecule has 116 valence electrons. The van der Waals surface area contributed by atoms with Crippen LogP contribution in [0.3, 0.4) is 0 Å². The molecule has 2 aliphatic heterocycles. The zero-order valence-electron chi connectivity index (χ0n) is 12.7. The number of hydrogen-bond donors (Lipinski definition) is 0. The summed E-state index contributed by atoms with van der Waals surface area (Å²) in [6.45, 7) is 3.76. The van der Waals surface area contributed by atoms with E-state index < -0.39 is 0 Å². The third kappa shape index (κ3) is 2.39. The molecule has 0 radical (unpaired) electrons. The first-order valence-electron chi connectivity index (χ1n) is 8.01. The molecule has 2 atom stereocenters. The lowest BCUT2D eigenvalue weighted by Gasteiger charge is -2.33. The first-order valence-corrected chi connectivity index (χ1v) is 8.01. The topological polar surface area (TPSA) is 55.6 Å². The Bertz CT molecular complexity index is 655. The number of benzene rings is 1. The van der Waals surface area contributed by atoms with Crippen LogP contribution in [0.2, 0.25) is 0 Å². The van der Waals surface area contributed by atoms with E-state index in [-0.39, 0.29) is 18.1 Å². The van der Waals surface area contributed by atoms with Gasteiger partial charge in [0, 0.05) is 12.3 Å². The number of nitrogens with zero attached hydrogens (tertiary/aromatic N) is 2. The van der Waals surface area contributed by atoms with Crippen molar-refractivity contribution in [1.82, 2.24) is 9.88 Å². The summed E-state index contributed by atoms with van der Waals surface area (Å²) in [5, 5.41) is 0. The highest BCUT2D eigenvalue weighted by molar-refractivity contribution is 5.78. The van der Waals surface area contributed by atoms with E-state index in [9.17, 15) is 4.79 Å². The van der Waals surface area contributed by atoms with Gasteiger partial charge in [-0.3, -0.25) is 9.69 Å². The Morgan fingerprint density at radius 3 is 2.68 bits per heavy atom. The van der Waals surface area contributed by atoms with Crippen molar-refractivity contribution in [3.8, 4) is 0 Å². The van der Waals surface area contributed by atoms with Gasteiger partial charge in [-0.2, -0.15) is 0 Å². The Morgan fingerprint density at radius 1 is 1.23 bits per heavy atom. The fourth-order valence-electron chi connectivity index (χ4n) is 3.56. The summed E-state index contributed by atoms with van der Waals surface area (Å²) >= 11 is 0. The van der Waals surface area contributed by atoms with Gasteiger partial charge >= 0.3 is 5.97 Å². The number of cyclic esters (lactones) is 1. The van der Waals surface area contributed by atoms with Crippen molar-refractivity contribution in [2.24, 2.45) is 0 Å². The smallest absolute Gasteiger partial charge is 0.323 e. The number of fused-ring (bicyclic) bond motifs is 1. The van der Waals surface area contributed by atoms with Gasteiger partial charge in [0.2, 0.25) is 0 Å². The number of esters is 1. The number of carbonyl (C=O) groups excluding carboxylic acids is 1. The Morgan fingerprint density at radius 2 is 2.00 bits per heavy atom. The number of para-hydroxylation sites is 2. The van der Waals surface area contributed by atoms with Gasteiger partial charge in [0.25, 0.3) is 0 Å². The van der Waals surface area contributed by atoms with Gasteiger partial charge in [0.15, 0.2) is 11.5 Å². The molecule has 2 fully saturated rings. The Hall–Kier alpha value is -1.88. The fourth-order valence-corrected chi connectivity index (χ4v) is 3.56. The van der Waals surface area contributed by atoms with Crippen molar-refractivity contribution < 1.29 is 13.9 Å². The molecule has 1 aromatic heterocycles. The highest BCUT2D eigenvalue weighted by Crippen LogP contribution is 2.32. The summed E-state index contributed by atoms with van der Waals surface area (Å²) in [5.74, 6) is 1.12. The number of ether oxygens (including phenoxy) is 1. The van der Waals surface area contributed by atoms with Crippen LogP contribution in [0.4, 0.5) is 0 Å². The fraction of sp³-hybridized carbons (Fsp3) is 0.529. The minimum Gasteiger partial charge on any atom is -0.461 e. The van der Waals surface area contributed by atoms with Crippen molar-refractivity contribution in [3.05, 3.63) is 30.2 Å². The van der Waals surface area contributed by atoms with Crippen molar-refractivity contribution >= 4 is 17.1 Å². The van der Waals surface area contributed by atoms with Gasteiger partial charge in [-0.25, -0.2) is 4.98 Å².